The lowest BCUT2D eigenvalue weighted by molar-refractivity contribution is -0.126. The molecule has 4 nitrogen and oxygen atoms in total. The van der Waals surface area contributed by atoms with Crippen LogP contribution in [0.15, 0.2) is 0 Å². The Labute approximate surface area is 56.3 Å². The van der Waals surface area contributed by atoms with E-state index in [2.05, 4.69) is 15.8 Å². The molecule has 10 heavy (non-hydrogen) atoms. The molecule has 0 aliphatic heterocycles. The average Bonchev–Trinajstić information content (AvgIpc) is 1.79. The molecule has 2 amide bonds. The van der Waals surface area contributed by atoms with E-state index in [0.717, 1.165) is 0 Å². The summed E-state index contributed by atoms with van der Waals surface area (Å²) in [5.74, 6) is 0. The van der Waals surface area contributed by atoms with Crippen LogP contribution in [0.2, 0.25) is 0 Å². The average molecular weight is 154 g/mol. The fourth-order valence-corrected chi connectivity index (χ4v) is 0.322. The van der Waals surface area contributed by atoms with E-state index in [4.69, 9.17) is 0 Å². The van der Waals surface area contributed by atoms with Gasteiger partial charge in [-0.05, 0) is 0 Å². The highest BCUT2D eigenvalue weighted by Gasteiger charge is 1.99. The molecule has 3 N–H and O–H groups in total. The summed E-state index contributed by atoms with van der Waals surface area (Å²) in [5.41, 5.74) is 4.62. The standard InChI is InChI=1S/C4H8F2N2O2/c5-3(6)10-2-1-8-4(7)9/h3H,1-2H2,(H3,7,8,9). The number of hydrogen-bond donors (Lipinski definition) is 2. The Kier molecular flexibility index (Phi) is 4.47. The van der Waals surface area contributed by atoms with Gasteiger partial charge in [-0.1, -0.05) is 0 Å². The lowest BCUT2D eigenvalue weighted by Gasteiger charge is -2.01. The summed E-state index contributed by atoms with van der Waals surface area (Å²) in [7, 11) is 0. The maximum atomic E-state index is 11.2. The minimum atomic E-state index is -2.80. The maximum absolute atomic E-state index is 11.2. The highest BCUT2D eigenvalue weighted by atomic mass is 19.3. The summed E-state index contributed by atoms with van der Waals surface area (Å²) in [6.45, 7) is -3.03. The predicted molar refractivity (Wildman–Crippen MR) is 29.5 cm³/mol. The van der Waals surface area contributed by atoms with Crippen LogP contribution in [0.25, 0.3) is 0 Å². The Hall–Kier alpha value is -0.910. The Bertz CT molecular complexity index is 109. The number of carbonyl (C=O) groups is 1. The van der Waals surface area contributed by atoms with Crippen molar-refractivity contribution in [2.24, 2.45) is 5.73 Å². The van der Waals surface area contributed by atoms with E-state index in [-0.39, 0.29) is 13.2 Å². The van der Waals surface area contributed by atoms with Crippen molar-refractivity contribution in [2.45, 2.75) is 6.61 Å². The first-order valence-electron chi connectivity index (χ1n) is 2.56. The van der Waals surface area contributed by atoms with Crippen LogP contribution in [0.5, 0.6) is 0 Å². The van der Waals surface area contributed by atoms with Crippen LogP contribution >= 0.6 is 0 Å². The van der Waals surface area contributed by atoms with Crippen molar-refractivity contribution in [3.8, 4) is 0 Å². The second-order valence-electron chi connectivity index (χ2n) is 1.42. The molecule has 6 heteroatoms. The van der Waals surface area contributed by atoms with Gasteiger partial charge in [-0.3, -0.25) is 0 Å². The fourth-order valence-electron chi connectivity index (χ4n) is 0.322. The minimum absolute atomic E-state index is 0.000324. The first-order chi connectivity index (χ1) is 4.63. The van der Waals surface area contributed by atoms with Crippen molar-refractivity contribution in [1.29, 1.82) is 0 Å². The number of nitrogens with one attached hydrogen (secondary N) is 1. The third kappa shape index (κ3) is 7.09. The Balaban J connectivity index is 2.98. The molecule has 0 atom stereocenters. The largest absolute Gasteiger partial charge is 0.352 e. The molecule has 0 radical (unpaired) electrons. The molecule has 0 bridgehead atoms. The third-order valence-electron chi connectivity index (χ3n) is 0.645. The van der Waals surface area contributed by atoms with Gasteiger partial charge in [0, 0.05) is 6.54 Å². The number of primary amides is 1. The lowest BCUT2D eigenvalue weighted by Crippen LogP contribution is -2.32. The van der Waals surface area contributed by atoms with Crippen molar-refractivity contribution in [2.75, 3.05) is 13.2 Å². The van der Waals surface area contributed by atoms with Gasteiger partial charge in [-0.2, -0.15) is 8.78 Å². The van der Waals surface area contributed by atoms with Crippen molar-refractivity contribution in [3.05, 3.63) is 0 Å². The molecule has 0 rings (SSSR count). The van der Waals surface area contributed by atoms with Crippen molar-refractivity contribution in [3.63, 3.8) is 0 Å². The van der Waals surface area contributed by atoms with Crippen LogP contribution in [0, 0.1) is 0 Å². The molecule has 0 spiro atoms. The summed E-state index contributed by atoms with van der Waals surface area (Å²) in [4.78, 5) is 9.91. The van der Waals surface area contributed by atoms with E-state index in [1.165, 1.54) is 0 Å². The molecule has 0 heterocycles. The van der Waals surface area contributed by atoms with Gasteiger partial charge in [0.05, 0.1) is 6.61 Å². The zero-order valence-corrected chi connectivity index (χ0v) is 5.14. The quantitative estimate of drug-likeness (QED) is 0.555. The van der Waals surface area contributed by atoms with Gasteiger partial charge in [-0.15, -0.1) is 0 Å². The summed E-state index contributed by atoms with van der Waals surface area (Å²) in [6, 6.07) is -0.752. The van der Waals surface area contributed by atoms with Crippen molar-refractivity contribution < 1.29 is 18.3 Å². The van der Waals surface area contributed by atoms with Crippen LogP contribution in [0.4, 0.5) is 13.6 Å². The monoisotopic (exact) mass is 154 g/mol. The molecule has 0 aromatic heterocycles. The molecule has 0 aromatic rings. The van der Waals surface area contributed by atoms with Crippen LogP contribution in [0.3, 0.4) is 0 Å². The molecular weight excluding hydrogens is 146 g/mol. The minimum Gasteiger partial charge on any atom is -0.352 e. The van der Waals surface area contributed by atoms with Gasteiger partial charge in [-0.25, -0.2) is 4.79 Å². The van der Waals surface area contributed by atoms with E-state index in [1.807, 2.05) is 0 Å². The Morgan fingerprint density at radius 2 is 2.30 bits per heavy atom. The van der Waals surface area contributed by atoms with E-state index in [0.29, 0.717) is 0 Å². The van der Waals surface area contributed by atoms with Crippen molar-refractivity contribution in [1.82, 2.24) is 5.32 Å². The summed E-state index contributed by atoms with van der Waals surface area (Å²) in [6.07, 6.45) is 0. The van der Waals surface area contributed by atoms with Gasteiger partial charge in [0.15, 0.2) is 0 Å². The number of carbonyl (C=O) groups excluding carboxylic acids is 1. The molecule has 0 saturated heterocycles. The second-order valence-corrected chi connectivity index (χ2v) is 1.42. The predicted octanol–water partition coefficient (Wildman–Crippen LogP) is -0.106. The van der Waals surface area contributed by atoms with Gasteiger partial charge >= 0.3 is 12.6 Å². The Morgan fingerprint density at radius 3 is 2.70 bits per heavy atom. The molecule has 0 unspecified atom stereocenters. The Morgan fingerprint density at radius 1 is 1.70 bits per heavy atom. The fraction of sp³-hybridized carbons (Fsp3) is 0.750. The van der Waals surface area contributed by atoms with Crippen LogP contribution in [0.1, 0.15) is 0 Å². The van der Waals surface area contributed by atoms with E-state index in [1.54, 1.807) is 0 Å². The number of halogens is 2. The zero-order valence-electron chi connectivity index (χ0n) is 5.14. The molecule has 0 fully saturated rings. The van der Waals surface area contributed by atoms with Crippen molar-refractivity contribution >= 4 is 6.03 Å². The highest BCUT2D eigenvalue weighted by molar-refractivity contribution is 5.71. The van der Waals surface area contributed by atoms with Gasteiger partial charge < -0.3 is 15.8 Å². The zero-order chi connectivity index (χ0) is 7.98. The normalized spacial score (nSPS) is 9.90. The topological polar surface area (TPSA) is 64.4 Å². The summed E-state index contributed by atoms with van der Waals surface area (Å²) in [5, 5.41) is 2.08. The van der Waals surface area contributed by atoms with Crippen LogP contribution in [-0.2, 0) is 4.74 Å². The highest BCUT2D eigenvalue weighted by Crippen LogP contribution is 1.91. The molecule has 0 saturated carbocycles. The smallest absolute Gasteiger partial charge is 0.345 e. The summed E-state index contributed by atoms with van der Waals surface area (Å²) >= 11 is 0. The number of rotatable bonds is 4. The number of hydrogen-bond acceptors (Lipinski definition) is 2. The molecule has 0 aromatic carbocycles. The van der Waals surface area contributed by atoms with Crippen LogP contribution < -0.4 is 11.1 Å². The molecule has 60 valence electrons. The second kappa shape index (κ2) is 4.92. The van der Waals surface area contributed by atoms with E-state index < -0.39 is 12.6 Å². The summed E-state index contributed by atoms with van der Waals surface area (Å²) < 4.78 is 26.2. The number of alkyl halides is 2. The molecule has 0 aliphatic rings. The van der Waals surface area contributed by atoms with E-state index >= 15 is 0 Å². The van der Waals surface area contributed by atoms with Gasteiger partial charge in [0.2, 0.25) is 0 Å². The number of nitrogens with two attached hydrogens (primary N) is 1. The van der Waals surface area contributed by atoms with Gasteiger partial charge in [0.25, 0.3) is 0 Å². The van der Waals surface area contributed by atoms with Crippen LogP contribution in [-0.4, -0.2) is 25.8 Å². The number of ether oxygens (including phenoxy) is 1. The third-order valence-corrected chi connectivity index (χ3v) is 0.645. The first kappa shape index (κ1) is 9.09. The van der Waals surface area contributed by atoms with E-state index in [9.17, 15) is 13.6 Å². The van der Waals surface area contributed by atoms with Gasteiger partial charge in [0.1, 0.15) is 0 Å². The molecular formula is C4H8F2N2O2. The maximum Gasteiger partial charge on any atom is 0.345 e. The molecule has 0 aliphatic carbocycles. The first-order valence-corrected chi connectivity index (χ1v) is 2.56. The number of urea groups is 1. The number of amides is 2. The lowest BCUT2D eigenvalue weighted by atomic mass is 10.7. The SMILES string of the molecule is NC(=O)NCCOC(F)F.